The van der Waals surface area contributed by atoms with Crippen LogP contribution >= 0.6 is 0 Å². The van der Waals surface area contributed by atoms with Crippen LogP contribution < -0.4 is 5.06 Å². The summed E-state index contributed by atoms with van der Waals surface area (Å²) in [6.45, 7) is 0.203. The highest BCUT2D eigenvalue weighted by molar-refractivity contribution is 6.07. The van der Waals surface area contributed by atoms with Gasteiger partial charge in [0.05, 0.1) is 30.9 Å². The van der Waals surface area contributed by atoms with E-state index in [1.807, 2.05) is 60.7 Å². The number of hydroxylamine groups is 1. The molecule has 2 amide bonds. The standard InChI is InChI=1S/C26H22N2O5/c1-32-26(31)19-14-12-18(13-15-19)22-21-23(33-28(22)20-10-6-3-7-11-20)25(30)27(24(21)29)16-17-8-4-2-5-9-17/h2-15,21-23H,16H2,1H3/t21-,22-,23+/m0/s1. The lowest BCUT2D eigenvalue weighted by atomic mass is 9.90. The minimum Gasteiger partial charge on any atom is -0.465 e. The molecular formula is C26H22N2O5. The lowest BCUT2D eigenvalue weighted by Crippen LogP contribution is -2.36. The number of esters is 1. The van der Waals surface area contributed by atoms with E-state index in [9.17, 15) is 14.4 Å². The predicted octanol–water partition coefficient (Wildman–Crippen LogP) is 3.52. The Morgan fingerprint density at radius 2 is 1.52 bits per heavy atom. The minimum absolute atomic E-state index is 0.203. The number of ether oxygens (including phenoxy) is 1. The fraction of sp³-hybridized carbons (Fsp3) is 0.192. The van der Waals surface area contributed by atoms with Crippen LogP contribution in [0.25, 0.3) is 0 Å². The molecule has 2 aliphatic rings. The van der Waals surface area contributed by atoms with Crippen molar-refractivity contribution in [2.45, 2.75) is 18.7 Å². The molecule has 5 rings (SSSR count). The normalized spacial score (nSPS) is 21.9. The summed E-state index contributed by atoms with van der Waals surface area (Å²) in [4.78, 5) is 46.0. The van der Waals surface area contributed by atoms with Gasteiger partial charge in [0.2, 0.25) is 5.91 Å². The number of likely N-dealkylation sites (tertiary alicyclic amines) is 1. The molecule has 0 bridgehead atoms. The van der Waals surface area contributed by atoms with E-state index in [-0.39, 0.29) is 18.4 Å². The zero-order chi connectivity index (χ0) is 22.9. The molecule has 0 saturated carbocycles. The third-order valence-electron chi connectivity index (χ3n) is 6.07. The maximum Gasteiger partial charge on any atom is 0.337 e. The van der Waals surface area contributed by atoms with E-state index < -0.39 is 24.0 Å². The van der Waals surface area contributed by atoms with Crippen LogP contribution in [0.3, 0.4) is 0 Å². The highest BCUT2D eigenvalue weighted by Gasteiger charge is 2.59. The van der Waals surface area contributed by atoms with Crippen LogP contribution in [0, 0.1) is 5.92 Å². The monoisotopic (exact) mass is 442 g/mol. The van der Waals surface area contributed by atoms with Crippen molar-refractivity contribution < 1.29 is 24.0 Å². The van der Waals surface area contributed by atoms with Gasteiger partial charge in [-0.1, -0.05) is 60.7 Å². The summed E-state index contributed by atoms with van der Waals surface area (Å²) >= 11 is 0. The summed E-state index contributed by atoms with van der Waals surface area (Å²) in [6.07, 6.45) is -0.910. The van der Waals surface area contributed by atoms with Crippen molar-refractivity contribution in [2.75, 3.05) is 12.2 Å². The molecule has 3 aromatic carbocycles. The number of hydrogen-bond acceptors (Lipinski definition) is 6. The van der Waals surface area contributed by atoms with Gasteiger partial charge in [-0.2, -0.15) is 0 Å². The third kappa shape index (κ3) is 3.66. The number of rotatable bonds is 5. The number of methoxy groups -OCH3 is 1. The van der Waals surface area contributed by atoms with Gasteiger partial charge in [0.25, 0.3) is 5.91 Å². The molecule has 0 spiro atoms. The Bertz CT molecular complexity index is 1180. The van der Waals surface area contributed by atoms with Crippen molar-refractivity contribution in [2.24, 2.45) is 5.92 Å². The number of benzene rings is 3. The second kappa shape index (κ2) is 8.52. The summed E-state index contributed by atoms with van der Waals surface area (Å²) in [7, 11) is 1.33. The highest BCUT2D eigenvalue weighted by Crippen LogP contribution is 2.46. The zero-order valence-corrected chi connectivity index (χ0v) is 18.0. The molecule has 3 aromatic rings. The summed E-state index contributed by atoms with van der Waals surface area (Å²) in [6, 6.07) is 25.1. The number of amides is 2. The molecule has 3 atom stereocenters. The van der Waals surface area contributed by atoms with Crippen LogP contribution in [-0.2, 0) is 25.7 Å². The number of nitrogens with zero attached hydrogens (tertiary/aromatic N) is 2. The topological polar surface area (TPSA) is 76.2 Å². The summed E-state index contributed by atoms with van der Waals surface area (Å²) in [5.41, 5.74) is 2.78. The van der Waals surface area contributed by atoms with E-state index in [4.69, 9.17) is 9.57 Å². The van der Waals surface area contributed by atoms with Gasteiger partial charge in [-0.3, -0.25) is 19.3 Å². The fourth-order valence-corrected chi connectivity index (χ4v) is 4.47. The molecule has 2 aliphatic heterocycles. The average molecular weight is 442 g/mol. The smallest absolute Gasteiger partial charge is 0.337 e. The highest BCUT2D eigenvalue weighted by atomic mass is 16.7. The van der Waals surface area contributed by atoms with Gasteiger partial charge in [-0.15, -0.1) is 0 Å². The first kappa shape index (κ1) is 20.9. The van der Waals surface area contributed by atoms with Crippen molar-refractivity contribution in [3.63, 3.8) is 0 Å². The van der Waals surface area contributed by atoms with Crippen molar-refractivity contribution >= 4 is 23.5 Å². The number of para-hydroxylation sites is 1. The van der Waals surface area contributed by atoms with Crippen molar-refractivity contribution in [3.8, 4) is 0 Å². The molecule has 0 unspecified atom stereocenters. The summed E-state index contributed by atoms with van der Waals surface area (Å²) in [5, 5.41) is 1.64. The molecule has 33 heavy (non-hydrogen) atoms. The molecule has 2 saturated heterocycles. The number of carbonyl (C=O) groups excluding carboxylic acids is 3. The summed E-state index contributed by atoms with van der Waals surface area (Å²) in [5.74, 6) is -1.76. The number of hydrogen-bond donors (Lipinski definition) is 0. The second-order valence-corrected chi connectivity index (χ2v) is 8.02. The Morgan fingerprint density at radius 3 is 2.15 bits per heavy atom. The van der Waals surface area contributed by atoms with Gasteiger partial charge in [-0.05, 0) is 35.4 Å². The maximum absolute atomic E-state index is 13.5. The molecule has 7 heteroatoms. The largest absolute Gasteiger partial charge is 0.465 e. The van der Waals surface area contributed by atoms with E-state index >= 15 is 0 Å². The number of fused-ring (bicyclic) bond motifs is 1. The van der Waals surface area contributed by atoms with Crippen LogP contribution in [-0.4, -0.2) is 35.9 Å². The molecule has 2 heterocycles. The average Bonchev–Trinajstić information content (AvgIpc) is 3.37. The van der Waals surface area contributed by atoms with Crippen LogP contribution in [0.15, 0.2) is 84.9 Å². The molecule has 7 nitrogen and oxygen atoms in total. The van der Waals surface area contributed by atoms with E-state index in [0.29, 0.717) is 5.56 Å². The van der Waals surface area contributed by atoms with E-state index in [1.54, 1.807) is 29.3 Å². The molecular weight excluding hydrogens is 420 g/mol. The van der Waals surface area contributed by atoms with Gasteiger partial charge in [0, 0.05) is 0 Å². The molecule has 166 valence electrons. The SMILES string of the molecule is COC(=O)c1ccc([C@H]2[C@@H]3C(=O)N(Cc4ccccc4)C(=O)[C@@H]3ON2c2ccccc2)cc1. The number of anilines is 1. The van der Waals surface area contributed by atoms with Crippen LogP contribution in [0.5, 0.6) is 0 Å². The van der Waals surface area contributed by atoms with Gasteiger partial charge in [0.15, 0.2) is 6.10 Å². The van der Waals surface area contributed by atoms with Crippen LogP contribution in [0.2, 0.25) is 0 Å². The summed E-state index contributed by atoms with van der Waals surface area (Å²) < 4.78 is 4.78. The third-order valence-corrected chi connectivity index (χ3v) is 6.07. The van der Waals surface area contributed by atoms with Crippen LogP contribution in [0.4, 0.5) is 5.69 Å². The Hall–Kier alpha value is -3.97. The van der Waals surface area contributed by atoms with Crippen molar-refractivity contribution in [1.82, 2.24) is 4.90 Å². The number of carbonyl (C=O) groups is 3. The first-order valence-electron chi connectivity index (χ1n) is 10.7. The minimum atomic E-state index is -0.910. The van der Waals surface area contributed by atoms with Crippen molar-refractivity contribution in [1.29, 1.82) is 0 Å². The first-order chi connectivity index (χ1) is 16.1. The Morgan fingerprint density at radius 1 is 0.879 bits per heavy atom. The molecule has 2 fully saturated rings. The van der Waals surface area contributed by atoms with E-state index in [1.165, 1.54) is 12.0 Å². The molecule has 0 radical (unpaired) electrons. The fourth-order valence-electron chi connectivity index (χ4n) is 4.47. The van der Waals surface area contributed by atoms with E-state index in [0.717, 1.165) is 16.8 Å². The molecule has 0 aliphatic carbocycles. The van der Waals surface area contributed by atoms with Gasteiger partial charge >= 0.3 is 5.97 Å². The lowest BCUT2D eigenvalue weighted by Gasteiger charge is -2.28. The van der Waals surface area contributed by atoms with Gasteiger partial charge < -0.3 is 4.74 Å². The zero-order valence-electron chi connectivity index (χ0n) is 18.0. The maximum atomic E-state index is 13.5. The van der Waals surface area contributed by atoms with Gasteiger partial charge in [0.1, 0.15) is 5.92 Å². The van der Waals surface area contributed by atoms with Crippen LogP contribution in [0.1, 0.15) is 27.5 Å². The Labute approximate surface area is 191 Å². The predicted molar refractivity (Wildman–Crippen MR) is 120 cm³/mol. The molecule has 0 N–H and O–H groups in total. The van der Waals surface area contributed by atoms with Crippen molar-refractivity contribution in [3.05, 3.63) is 102 Å². The number of imide groups is 1. The Balaban J connectivity index is 1.51. The molecule has 0 aromatic heterocycles. The lowest BCUT2D eigenvalue weighted by molar-refractivity contribution is -0.143. The second-order valence-electron chi connectivity index (χ2n) is 8.02. The van der Waals surface area contributed by atoms with E-state index in [2.05, 4.69) is 0 Å². The Kier molecular flexibility index (Phi) is 5.40. The quantitative estimate of drug-likeness (QED) is 0.445. The van der Waals surface area contributed by atoms with Gasteiger partial charge in [-0.25, -0.2) is 9.86 Å². The first-order valence-corrected chi connectivity index (χ1v) is 10.7.